The summed E-state index contributed by atoms with van der Waals surface area (Å²) in [5.41, 5.74) is 4.03. The molecule has 0 radical (unpaired) electrons. The average molecular weight is 416 g/mol. The molecule has 0 aliphatic carbocycles. The fourth-order valence-electron chi connectivity index (χ4n) is 3.55. The highest BCUT2D eigenvalue weighted by Crippen LogP contribution is 2.36. The molecular weight excluding hydrogens is 382 g/mol. The van der Waals surface area contributed by atoms with Gasteiger partial charge in [-0.3, -0.25) is 0 Å². The number of hydrogen-bond acceptors (Lipinski definition) is 3. The van der Waals surface area contributed by atoms with Crippen molar-refractivity contribution in [2.24, 2.45) is 0 Å². The molecule has 0 saturated carbocycles. The topological polar surface area (TPSA) is 56.4 Å². The van der Waals surface area contributed by atoms with Crippen LogP contribution in [0.25, 0.3) is 22.2 Å². The summed E-state index contributed by atoms with van der Waals surface area (Å²) in [6.07, 6.45) is 3.59. The van der Waals surface area contributed by atoms with Gasteiger partial charge in [0, 0.05) is 56.5 Å². The number of fused-ring (bicyclic) bond motifs is 1. The summed E-state index contributed by atoms with van der Waals surface area (Å²) in [5.74, 6) is 0. The summed E-state index contributed by atoms with van der Waals surface area (Å²) in [7, 11) is -0.353. The molecule has 6 heteroatoms. The quantitative estimate of drug-likeness (QED) is 0.625. The summed E-state index contributed by atoms with van der Waals surface area (Å²) in [6, 6.07) is 15.7. The molecular formula is C23H33N3O2S. The highest BCUT2D eigenvalue weighted by Gasteiger charge is 2.23. The number of aromatic amines is 1. The molecule has 2 heterocycles. The molecule has 1 N–H and O–H groups in total. The van der Waals surface area contributed by atoms with Gasteiger partial charge in [0.05, 0.1) is 4.90 Å². The van der Waals surface area contributed by atoms with Gasteiger partial charge in [-0.1, -0.05) is 38.5 Å². The first-order valence-corrected chi connectivity index (χ1v) is 11.7. The van der Waals surface area contributed by atoms with Crippen molar-refractivity contribution in [2.75, 3.05) is 32.1 Å². The highest BCUT2D eigenvalue weighted by molar-refractivity contribution is 7.89. The Morgan fingerprint density at radius 2 is 1.69 bits per heavy atom. The van der Waals surface area contributed by atoms with Crippen LogP contribution in [0.4, 0.5) is 5.69 Å². The summed E-state index contributed by atoms with van der Waals surface area (Å²) in [5, 5.41) is 1.12. The van der Waals surface area contributed by atoms with E-state index < -0.39 is 10.0 Å². The van der Waals surface area contributed by atoms with E-state index in [2.05, 4.69) is 35.9 Å². The molecule has 0 bridgehead atoms. The third-order valence-electron chi connectivity index (χ3n) is 5.01. The van der Waals surface area contributed by atoms with Crippen molar-refractivity contribution in [3.05, 3.63) is 48.5 Å². The van der Waals surface area contributed by atoms with E-state index in [0.29, 0.717) is 4.90 Å². The fraction of sp³-hybridized carbons (Fsp3) is 0.391. The van der Waals surface area contributed by atoms with Crippen LogP contribution < -0.4 is 4.90 Å². The van der Waals surface area contributed by atoms with Crippen LogP contribution in [0.15, 0.2) is 53.4 Å². The Hall–Kier alpha value is -2.31. The van der Waals surface area contributed by atoms with E-state index in [-0.39, 0.29) is 1.43 Å². The lowest BCUT2D eigenvalue weighted by Gasteiger charge is -2.22. The maximum Gasteiger partial charge on any atom is 0.242 e. The Labute approximate surface area is 175 Å². The smallest absolute Gasteiger partial charge is 0.242 e. The van der Waals surface area contributed by atoms with Crippen molar-refractivity contribution >= 4 is 26.6 Å². The third-order valence-corrected chi connectivity index (χ3v) is 6.82. The van der Waals surface area contributed by atoms with Crippen LogP contribution >= 0.6 is 0 Å². The summed E-state index contributed by atoms with van der Waals surface area (Å²) in [4.78, 5) is 6.11. The second-order valence-electron chi connectivity index (χ2n) is 7.64. The molecule has 2 aromatic carbocycles. The predicted octanol–water partition coefficient (Wildman–Crippen LogP) is 5.35. The number of sulfonamides is 1. The van der Waals surface area contributed by atoms with Gasteiger partial charge in [-0.15, -0.1) is 0 Å². The van der Waals surface area contributed by atoms with Crippen LogP contribution in [-0.4, -0.2) is 44.9 Å². The van der Waals surface area contributed by atoms with E-state index >= 15 is 0 Å². The van der Waals surface area contributed by atoms with Gasteiger partial charge < -0.3 is 9.88 Å². The summed E-state index contributed by atoms with van der Waals surface area (Å²) >= 11 is 0. The van der Waals surface area contributed by atoms with Gasteiger partial charge in [-0.05, 0) is 43.2 Å². The molecule has 0 unspecified atom stereocenters. The molecule has 1 fully saturated rings. The number of nitrogens with one attached hydrogen (secondary N) is 1. The Bertz CT molecular complexity index is 1040. The molecule has 3 aromatic rings. The van der Waals surface area contributed by atoms with E-state index in [1.54, 1.807) is 26.2 Å². The van der Waals surface area contributed by atoms with E-state index in [1.807, 2.05) is 24.3 Å². The maximum absolute atomic E-state index is 12.6. The summed E-state index contributed by atoms with van der Waals surface area (Å²) < 4.78 is 26.5. The molecule has 4 rings (SSSR count). The molecule has 1 aliphatic rings. The first-order chi connectivity index (χ1) is 13.9. The van der Waals surface area contributed by atoms with Gasteiger partial charge in [0.2, 0.25) is 10.0 Å². The number of nitrogens with zero attached hydrogens (tertiary/aromatic N) is 2. The van der Waals surface area contributed by atoms with Gasteiger partial charge in [0.25, 0.3) is 0 Å². The van der Waals surface area contributed by atoms with Crippen molar-refractivity contribution in [3.8, 4) is 11.3 Å². The second-order valence-corrected chi connectivity index (χ2v) is 9.79. The standard InChI is InChI=1S/C20H23N3O2S.C3H8.H2/c1-22(2)26(24,25)16-9-10-20(23-11-5-6-12-23)17(14-16)19-13-15-7-3-4-8-18(15)21-19;1-3-2;/h3-4,7-10,13-14,21H,5-6,11-12H2,1-2H3;3H2,1-2H3;1H. The van der Waals surface area contributed by atoms with Crippen LogP contribution in [0.3, 0.4) is 0 Å². The van der Waals surface area contributed by atoms with Crippen LogP contribution in [0.5, 0.6) is 0 Å². The minimum atomic E-state index is -3.48. The lowest BCUT2D eigenvalue weighted by Crippen LogP contribution is -2.23. The predicted molar refractivity (Wildman–Crippen MR) is 124 cm³/mol. The SMILES string of the molecule is CCC.CN(C)S(=O)(=O)c1ccc(N2CCCC2)c(-c2cc3ccccc3[nH]2)c1.[HH]. The van der Waals surface area contributed by atoms with Gasteiger partial charge in [-0.2, -0.15) is 0 Å². The van der Waals surface area contributed by atoms with Gasteiger partial charge in [0.1, 0.15) is 0 Å². The normalized spacial score (nSPS) is 14.3. The zero-order valence-corrected chi connectivity index (χ0v) is 18.6. The molecule has 1 saturated heterocycles. The van der Waals surface area contributed by atoms with Gasteiger partial charge >= 0.3 is 0 Å². The molecule has 0 spiro atoms. The van der Waals surface area contributed by atoms with Crippen molar-refractivity contribution in [1.29, 1.82) is 0 Å². The molecule has 1 aliphatic heterocycles. The third kappa shape index (κ3) is 4.49. The Morgan fingerprint density at radius 3 is 2.31 bits per heavy atom. The molecule has 5 nitrogen and oxygen atoms in total. The van der Waals surface area contributed by atoms with Crippen molar-refractivity contribution in [2.45, 2.75) is 38.0 Å². The van der Waals surface area contributed by atoms with Gasteiger partial charge in [-0.25, -0.2) is 12.7 Å². The highest BCUT2D eigenvalue weighted by atomic mass is 32.2. The number of aromatic nitrogens is 1. The van der Waals surface area contributed by atoms with E-state index in [1.165, 1.54) is 23.6 Å². The Balaban J connectivity index is 0.000000757. The lowest BCUT2D eigenvalue weighted by molar-refractivity contribution is 0.521. The minimum Gasteiger partial charge on any atom is -0.371 e. The van der Waals surface area contributed by atoms with Crippen LogP contribution in [0, 0.1) is 0 Å². The maximum atomic E-state index is 12.6. The largest absolute Gasteiger partial charge is 0.371 e. The van der Waals surface area contributed by atoms with Crippen molar-refractivity contribution in [3.63, 3.8) is 0 Å². The monoisotopic (exact) mass is 415 g/mol. The van der Waals surface area contributed by atoms with E-state index in [4.69, 9.17) is 0 Å². The number of hydrogen-bond donors (Lipinski definition) is 1. The lowest BCUT2D eigenvalue weighted by atomic mass is 10.1. The number of para-hydroxylation sites is 1. The summed E-state index contributed by atoms with van der Waals surface area (Å²) in [6.45, 7) is 6.26. The Kier molecular flexibility index (Phi) is 6.65. The van der Waals surface area contributed by atoms with Gasteiger partial charge in [0.15, 0.2) is 0 Å². The minimum absolute atomic E-state index is 0. The second kappa shape index (κ2) is 9.01. The number of rotatable bonds is 4. The first kappa shape index (κ1) is 21.4. The van der Waals surface area contributed by atoms with Crippen LogP contribution in [0.2, 0.25) is 0 Å². The number of H-pyrrole nitrogens is 1. The molecule has 1 aromatic heterocycles. The van der Waals surface area contributed by atoms with Crippen molar-refractivity contribution < 1.29 is 9.84 Å². The van der Waals surface area contributed by atoms with E-state index in [0.717, 1.165) is 40.9 Å². The van der Waals surface area contributed by atoms with Crippen molar-refractivity contribution in [1.82, 2.24) is 9.29 Å². The first-order valence-electron chi connectivity index (χ1n) is 10.3. The van der Waals surface area contributed by atoms with Crippen LogP contribution in [0.1, 0.15) is 34.5 Å². The molecule has 0 amide bonds. The van der Waals surface area contributed by atoms with Crippen LogP contribution in [-0.2, 0) is 10.0 Å². The Morgan fingerprint density at radius 1 is 1.03 bits per heavy atom. The molecule has 0 atom stereocenters. The average Bonchev–Trinajstić information content (AvgIpc) is 3.37. The number of anilines is 1. The fourth-order valence-corrected chi connectivity index (χ4v) is 4.48. The molecule has 158 valence electrons. The van der Waals surface area contributed by atoms with E-state index in [9.17, 15) is 8.42 Å². The number of benzene rings is 2. The molecule has 29 heavy (non-hydrogen) atoms. The zero-order chi connectivity index (χ0) is 21.0. The zero-order valence-electron chi connectivity index (χ0n) is 17.8.